The number of allylic oxidation sites excluding steroid dienone is 2. The Morgan fingerprint density at radius 3 is 1.67 bits per heavy atom. The first-order valence-electron chi connectivity index (χ1n) is 24.1. The molecular formula is C50H64N12O11. The van der Waals surface area contributed by atoms with Crippen molar-refractivity contribution in [2.45, 2.75) is 93.4 Å². The van der Waals surface area contributed by atoms with Gasteiger partial charge in [0.15, 0.2) is 0 Å². The molecule has 390 valence electrons. The van der Waals surface area contributed by atoms with E-state index >= 15 is 0 Å². The van der Waals surface area contributed by atoms with Gasteiger partial charge in [0.1, 0.15) is 39.7 Å². The number of Topliss-reactive ketones (excluding diaryl/α,β-unsaturated/α-hetero) is 1. The predicted molar refractivity (Wildman–Crippen MR) is 270 cm³/mol. The van der Waals surface area contributed by atoms with Crippen LogP contribution in [-0.2, 0) is 50.0 Å². The molecule has 6 N–H and O–H groups in total. The average molecular weight is 1010 g/mol. The van der Waals surface area contributed by atoms with Crippen molar-refractivity contribution < 1.29 is 52.5 Å². The molecule has 6 aromatic rings. The van der Waals surface area contributed by atoms with Gasteiger partial charge in [-0.2, -0.15) is 10.2 Å². The molecule has 2 aromatic carbocycles. The Balaban J connectivity index is 1.25. The number of rotatable bonds is 29. The molecular weight excluding hydrogens is 945 g/mol. The van der Waals surface area contributed by atoms with Crippen LogP contribution in [0.25, 0.3) is 22.1 Å². The number of aryl methyl sites for hydroxylation is 4. The maximum atomic E-state index is 13.9. The van der Waals surface area contributed by atoms with Crippen LogP contribution in [0.3, 0.4) is 0 Å². The Hall–Kier alpha value is -7.92. The van der Waals surface area contributed by atoms with Gasteiger partial charge in [-0.25, -0.2) is 9.97 Å². The van der Waals surface area contributed by atoms with E-state index in [1.807, 2.05) is 20.8 Å². The second kappa shape index (κ2) is 25.5. The van der Waals surface area contributed by atoms with Crippen molar-refractivity contribution in [2.75, 3.05) is 57.4 Å². The molecule has 0 fully saturated rings. The number of carbonyl (C=O) groups excluding carboxylic acids is 6. The van der Waals surface area contributed by atoms with Gasteiger partial charge in [-0.15, -0.1) is 0 Å². The fraction of sp³-hybridized carbons (Fsp3) is 0.440. The maximum Gasteiger partial charge on any atom is 0.309 e. The minimum Gasteiger partial charge on any atom is -0.494 e. The maximum absolute atomic E-state index is 13.9. The van der Waals surface area contributed by atoms with Crippen LogP contribution in [0.4, 0.5) is 11.9 Å². The van der Waals surface area contributed by atoms with E-state index in [1.54, 1.807) is 63.6 Å². The second-order valence-corrected chi connectivity index (χ2v) is 17.1. The number of imidazole rings is 2. The van der Waals surface area contributed by atoms with Crippen LogP contribution < -0.4 is 31.6 Å². The standard InChI is InChI=1S/C50H64N12O11/c1-8-17-70-21-22-71-20-14-35(63)23-30(4)48(68)73-19-13-18-72-41-29-34(45(52)65)27-37-43(41)60(50(54-37)56-47(67)39-25-32(6)58-62(39)10-3)16-12-11-15-59-42-36(26-33(44(51)64)28-40(42)69-7)53-49(59)55-46(66)38-24-31(5)57-61(38)9-2/h11-12,24-30H,8-10,13-23H2,1-7H3,(H2,51,64)(H2,52,65)(H,53,55,66)(H,54,56,67)/b12-11+/t30-/m1/s1. The molecule has 1 atom stereocenters. The van der Waals surface area contributed by atoms with E-state index in [9.17, 15) is 28.8 Å². The highest BCUT2D eigenvalue weighted by Crippen LogP contribution is 2.33. The molecule has 23 heteroatoms. The summed E-state index contributed by atoms with van der Waals surface area (Å²) in [5.74, 6) is -2.99. The molecule has 0 saturated heterocycles. The second-order valence-electron chi connectivity index (χ2n) is 17.1. The Morgan fingerprint density at radius 2 is 1.18 bits per heavy atom. The van der Waals surface area contributed by atoms with E-state index in [1.165, 1.54) is 31.4 Å². The highest BCUT2D eigenvalue weighted by molar-refractivity contribution is 6.05. The molecule has 4 heterocycles. The Labute approximate surface area is 421 Å². The zero-order valence-corrected chi connectivity index (χ0v) is 42.3. The van der Waals surface area contributed by atoms with Crippen LogP contribution in [0.15, 0.2) is 48.6 Å². The number of hydrogen-bond acceptors (Lipinski definition) is 15. The van der Waals surface area contributed by atoms with E-state index < -0.39 is 35.5 Å². The molecule has 0 saturated carbocycles. The lowest BCUT2D eigenvalue weighted by molar-refractivity contribution is -0.149. The van der Waals surface area contributed by atoms with Crippen LogP contribution >= 0.6 is 0 Å². The molecule has 4 aromatic heterocycles. The third-order valence-corrected chi connectivity index (χ3v) is 11.4. The summed E-state index contributed by atoms with van der Waals surface area (Å²) in [5.41, 5.74) is 15.0. The van der Waals surface area contributed by atoms with Gasteiger partial charge in [0, 0.05) is 63.2 Å². The number of nitrogens with zero attached hydrogens (tertiary/aromatic N) is 8. The summed E-state index contributed by atoms with van der Waals surface area (Å²) < 4.78 is 34.8. The number of primary amides is 2. The predicted octanol–water partition coefficient (Wildman–Crippen LogP) is 5.14. The van der Waals surface area contributed by atoms with Crippen LogP contribution in [0.2, 0.25) is 0 Å². The normalized spacial score (nSPS) is 11.9. The number of benzene rings is 2. The highest BCUT2D eigenvalue weighted by atomic mass is 16.5. The third kappa shape index (κ3) is 13.7. The molecule has 0 aliphatic heterocycles. The molecule has 0 aliphatic rings. The Bertz CT molecular complexity index is 3000. The van der Waals surface area contributed by atoms with Gasteiger partial charge in [0.25, 0.3) is 11.8 Å². The van der Waals surface area contributed by atoms with Crippen molar-refractivity contribution in [3.63, 3.8) is 0 Å². The van der Waals surface area contributed by atoms with E-state index in [-0.39, 0.29) is 98.0 Å². The minimum absolute atomic E-state index is 0.00909. The molecule has 73 heavy (non-hydrogen) atoms. The summed E-state index contributed by atoms with van der Waals surface area (Å²) >= 11 is 0. The van der Waals surface area contributed by atoms with Crippen molar-refractivity contribution in [3.05, 3.63) is 82.5 Å². The number of aromatic nitrogens is 8. The van der Waals surface area contributed by atoms with E-state index in [0.29, 0.717) is 72.2 Å². The molecule has 0 spiro atoms. The Kier molecular flexibility index (Phi) is 19.0. The van der Waals surface area contributed by atoms with Crippen molar-refractivity contribution >= 4 is 69.3 Å². The largest absolute Gasteiger partial charge is 0.494 e. The summed E-state index contributed by atoms with van der Waals surface area (Å²) in [6.45, 7) is 13.7. The van der Waals surface area contributed by atoms with E-state index in [0.717, 1.165) is 6.42 Å². The molecule has 0 bridgehead atoms. The number of methoxy groups -OCH3 is 1. The summed E-state index contributed by atoms with van der Waals surface area (Å²) in [6.07, 6.45) is 4.92. The third-order valence-electron chi connectivity index (χ3n) is 11.4. The lowest BCUT2D eigenvalue weighted by atomic mass is 10.0. The van der Waals surface area contributed by atoms with Crippen LogP contribution in [0.1, 0.15) is 106 Å². The molecule has 0 unspecified atom stereocenters. The monoisotopic (exact) mass is 1010 g/mol. The fourth-order valence-electron chi connectivity index (χ4n) is 7.92. The van der Waals surface area contributed by atoms with Crippen LogP contribution in [0.5, 0.6) is 11.5 Å². The van der Waals surface area contributed by atoms with Crippen LogP contribution in [-0.4, -0.2) is 121 Å². The van der Waals surface area contributed by atoms with Gasteiger partial charge < -0.3 is 44.3 Å². The number of ether oxygens (including phenoxy) is 5. The van der Waals surface area contributed by atoms with Gasteiger partial charge in [-0.1, -0.05) is 26.0 Å². The number of nitrogens with two attached hydrogens (primary N) is 2. The van der Waals surface area contributed by atoms with Gasteiger partial charge in [-0.05, 0) is 70.5 Å². The first-order valence-corrected chi connectivity index (χ1v) is 24.1. The van der Waals surface area contributed by atoms with E-state index in [4.69, 9.17) is 40.1 Å². The average Bonchev–Trinajstić information content (AvgIpc) is 4.13. The Morgan fingerprint density at radius 1 is 0.671 bits per heavy atom. The number of amides is 4. The van der Waals surface area contributed by atoms with Crippen molar-refractivity contribution in [1.82, 2.24) is 38.7 Å². The number of anilines is 2. The summed E-state index contributed by atoms with van der Waals surface area (Å²) in [5, 5.41) is 14.6. The fourth-order valence-corrected chi connectivity index (χ4v) is 7.92. The quantitative estimate of drug-likeness (QED) is 0.0269. The zero-order chi connectivity index (χ0) is 52.8. The zero-order valence-electron chi connectivity index (χ0n) is 42.3. The van der Waals surface area contributed by atoms with E-state index in [2.05, 4.69) is 25.8 Å². The lowest BCUT2D eigenvalue weighted by Gasteiger charge is -2.14. The molecule has 4 amide bonds. The topological polar surface area (TPSA) is 296 Å². The number of carbonyl (C=O) groups is 6. The smallest absolute Gasteiger partial charge is 0.309 e. The first-order chi connectivity index (χ1) is 35.1. The van der Waals surface area contributed by atoms with Crippen LogP contribution in [0, 0.1) is 19.8 Å². The van der Waals surface area contributed by atoms with Gasteiger partial charge in [-0.3, -0.25) is 48.8 Å². The number of esters is 1. The van der Waals surface area contributed by atoms with Crippen molar-refractivity contribution in [1.29, 1.82) is 0 Å². The number of fused-ring (bicyclic) bond motifs is 2. The number of ketones is 1. The number of hydrogen-bond donors (Lipinski definition) is 4. The first kappa shape index (κ1) is 54.4. The summed E-state index contributed by atoms with van der Waals surface area (Å²) in [6, 6.07) is 9.29. The highest BCUT2D eigenvalue weighted by Gasteiger charge is 2.24. The van der Waals surface area contributed by atoms with Crippen molar-refractivity contribution in [3.8, 4) is 11.5 Å². The van der Waals surface area contributed by atoms with Gasteiger partial charge in [0.2, 0.25) is 23.7 Å². The van der Waals surface area contributed by atoms with Gasteiger partial charge >= 0.3 is 5.97 Å². The van der Waals surface area contributed by atoms with Crippen molar-refractivity contribution in [2.24, 2.45) is 17.4 Å². The lowest BCUT2D eigenvalue weighted by Crippen LogP contribution is -2.20. The minimum atomic E-state index is -0.748. The SMILES string of the molecule is CCCOCCOCCC(=O)C[C@@H](C)C(=O)OCCCOc1cc(C(N)=O)cc2nc(NC(=O)c3cc(C)nn3CC)n(C/C=C/Cn3c(NC(=O)c4cc(C)nn4CC)nc4cc(C(N)=O)cc(OC)c43)c12. The molecule has 0 aliphatic carbocycles. The molecule has 6 rings (SSSR count). The summed E-state index contributed by atoms with van der Waals surface area (Å²) in [7, 11) is 1.44. The van der Waals surface area contributed by atoms with Gasteiger partial charge in [0.05, 0.1) is 68.5 Å². The summed E-state index contributed by atoms with van der Waals surface area (Å²) in [4.78, 5) is 87.3. The molecule has 23 nitrogen and oxygen atoms in total. The number of nitrogens with one attached hydrogen (secondary N) is 2. The molecule has 0 radical (unpaired) electrons.